The van der Waals surface area contributed by atoms with Crippen molar-refractivity contribution in [2.24, 2.45) is 0 Å². The van der Waals surface area contributed by atoms with Crippen molar-refractivity contribution in [2.75, 3.05) is 11.9 Å². The summed E-state index contributed by atoms with van der Waals surface area (Å²) in [6, 6.07) is 10.2. The molecule has 132 valence electrons. The molecule has 0 saturated carbocycles. The lowest BCUT2D eigenvalue weighted by molar-refractivity contribution is -0.119. The number of ether oxygens (including phenoxy) is 1. The maximum absolute atomic E-state index is 11.9. The van der Waals surface area contributed by atoms with Crippen molar-refractivity contribution in [2.45, 2.75) is 0 Å². The fourth-order valence-corrected chi connectivity index (χ4v) is 2.14. The third-order valence-electron chi connectivity index (χ3n) is 3.06. The Bertz CT molecular complexity index is 946. The van der Waals surface area contributed by atoms with Gasteiger partial charge in [-0.1, -0.05) is 46.5 Å². The average Bonchev–Trinajstić information content (AvgIpc) is 3.11. The van der Waals surface area contributed by atoms with Crippen LogP contribution in [-0.2, 0) is 9.53 Å². The van der Waals surface area contributed by atoms with Crippen LogP contribution in [0.5, 0.6) is 0 Å². The van der Waals surface area contributed by atoms with E-state index in [9.17, 15) is 9.59 Å². The Labute approximate surface area is 157 Å². The van der Waals surface area contributed by atoms with Gasteiger partial charge in [-0.05, 0) is 18.2 Å². The summed E-state index contributed by atoms with van der Waals surface area (Å²) >= 11 is 11.4. The maximum atomic E-state index is 11.9. The van der Waals surface area contributed by atoms with Crippen LogP contribution in [0.2, 0.25) is 10.2 Å². The number of esters is 1. The number of nitrogens with zero attached hydrogens (tertiary/aromatic N) is 3. The van der Waals surface area contributed by atoms with Crippen LogP contribution in [-0.4, -0.2) is 33.7 Å². The summed E-state index contributed by atoms with van der Waals surface area (Å²) in [5.41, 5.74) is 0.774. The van der Waals surface area contributed by atoms with Crippen molar-refractivity contribution in [3.63, 3.8) is 0 Å². The Hall–Kier alpha value is -2.97. The summed E-state index contributed by atoms with van der Waals surface area (Å²) < 4.78 is 10.2. The molecule has 0 atom stereocenters. The van der Waals surface area contributed by atoms with Crippen LogP contribution in [0, 0.1) is 0 Å². The second kappa shape index (κ2) is 7.94. The molecule has 0 spiro atoms. The number of nitrogens with one attached hydrogen (secondary N) is 1. The van der Waals surface area contributed by atoms with Gasteiger partial charge in [0.25, 0.3) is 5.91 Å². The lowest BCUT2D eigenvalue weighted by Gasteiger charge is -2.04. The Kier molecular flexibility index (Phi) is 5.45. The third-order valence-corrected chi connectivity index (χ3v) is 3.74. The van der Waals surface area contributed by atoms with E-state index in [0.717, 1.165) is 0 Å². The van der Waals surface area contributed by atoms with Gasteiger partial charge in [0.1, 0.15) is 5.15 Å². The zero-order chi connectivity index (χ0) is 18.5. The predicted octanol–water partition coefficient (Wildman–Crippen LogP) is 3.23. The number of halogens is 2. The summed E-state index contributed by atoms with van der Waals surface area (Å²) in [4.78, 5) is 27.4. The van der Waals surface area contributed by atoms with Gasteiger partial charge >= 0.3 is 12.0 Å². The van der Waals surface area contributed by atoms with E-state index in [4.69, 9.17) is 32.4 Å². The van der Waals surface area contributed by atoms with Crippen LogP contribution in [0.25, 0.3) is 11.5 Å². The first-order valence-electron chi connectivity index (χ1n) is 7.20. The van der Waals surface area contributed by atoms with Gasteiger partial charge in [0.05, 0.1) is 10.6 Å². The van der Waals surface area contributed by atoms with Crippen molar-refractivity contribution in [3.8, 4) is 11.5 Å². The van der Waals surface area contributed by atoms with E-state index in [2.05, 4.69) is 20.5 Å². The van der Waals surface area contributed by atoms with Crippen LogP contribution < -0.4 is 5.32 Å². The van der Waals surface area contributed by atoms with E-state index >= 15 is 0 Å². The molecule has 10 heteroatoms. The van der Waals surface area contributed by atoms with Crippen molar-refractivity contribution in [1.29, 1.82) is 0 Å². The first kappa shape index (κ1) is 17.8. The number of anilines is 1. The van der Waals surface area contributed by atoms with Crippen LogP contribution in [0.4, 0.5) is 6.01 Å². The number of carbonyl (C=O) groups excluding carboxylic acids is 2. The van der Waals surface area contributed by atoms with E-state index in [1.54, 1.807) is 12.1 Å². The molecule has 2 heterocycles. The lowest BCUT2D eigenvalue weighted by Crippen LogP contribution is -2.21. The number of hydrogen-bond donors (Lipinski definition) is 1. The number of aromatic nitrogens is 3. The van der Waals surface area contributed by atoms with Gasteiger partial charge < -0.3 is 9.15 Å². The molecule has 1 N–H and O–H groups in total. The molecule has 0 aliphatic carbocycles. The topological polar surface area (TPSA) is 107 Å². The summed E-state index contributed by atoms with van der Waals surface area (Å²) in [5.74, 6) is -1.17. The first-order valence-corrected chi connectivity index (χ1v) is 7.95. The highest BCUT2D eigenvalue weighted by molar-refractivity contribution is 6.41. The monoisotopic (exact) mass is 392 g/mol. The number of pyridine rings is 1. The standard InChI is InChI=1S/C16H10Cl2N4O4/c17-11-6-10(7-19-13(11)18)15(24)25-8-12(23)20-16-22-21-14(26-16)9-4-2-1-3-5-9/h1-7H,8H2,(H,20,22,23). The quantitative estimate of drug-likeness (QED) is 0.524. The normalized spacial score (nSPS) is 10.4. The van der Waals surface area contributed by atoms with Gasteiger partial charge in [0, 0.05) is 11.8 Å². The molecule has 1 amide bonds. The predicted molar refractivity (Wildman–Crippen MR) is 92.9 cm³/mol. The van der Waals surface area contributed by atoms with Crippen LogP contribution in [0.1, 0.15) is 10.4 Å². The number of amides is 1. The highest BCUT2D eigenvalue weighted by Gasteiger charge is 2.15. The number of hydrogen-bond acceptors (Lipinski definition) is 7. The molecule has 0 saturated heterocycles. The van der Waals surface area contributed by atoms with Crippen LogP contribution in [0.15, 0.2) is 47.0 Å². The van der Waals surface area contributed by atoms with Gasteiger partial charge in [0.2, 0.25) is 5.89 Å². The van der Waals surface area contributed by atoms with E-state index in [0.29, 0.717) is 5.56 Å². The molecule has 0 aliphatic heterocycles. The molecule has 0 fully saturated rings. The second-order valence-electron chi connectivity index (χ2n) is 4.90. The molecule has 1 aromatic carbocycles. The third kappa shape index (κ3) is 4.35. The minimum absolute atomic E-state index is 0.0616. The smallest absolute Gasteiger partial charge is 0.340 e. The van der Waals surface area contributed by atoms with Gasteiger partial charge in [-0.3, -0.25) is 10.1 Å². The molecule has 2 aromatic heterocycles. The zero-order valence-corrected chi connectivity index (χ0v) is 14.5. The fourth-order valence-electron chi connectivity index (χ4n) is 1.87. The number of rotatable bonds is 5. The van der Waals surface area contributed by atoms with E-state index < -0.39 is 18.5 Å². The second-order valence-corrected chi connectivity index (χ2v) is 5.66. The molecule has 0 bridgehead atoms. The fraction of sp³-hybridized carbons (Fsp3) is 0.0625. The van der Waals surface area contributed by atoms with Crippen molar-refractivity contribution >= 4 is 41.1 Å². The molecule has 3 rings (SSSR count). The van der Waals surface area contributed by atoms with Gasteiger partial charge in [-0.15, -0.1) is 5.10 Å². The van der Waals surface area contributed by atoms with Gasteiger partial charge in [0.15, 0.2) is 6.61 Å². The summed E-state index contributed by atoms with van der Waals surface area (Å²) in [5, 5.41) is 10.0. The van der Waals surface area contributed by atoms with Crippen LogP contribution in [0.3, 0.4) is 0 Å². The molecule has 0 unspecified atom stereocenters. The van der Waals surface area contributed by atoms with Crippen molar-refractivity contribution in [3.05, 3.63) is 58.3 Å². The Morgan fingerprint density at radius 2 is 1.92 bits per heavy atom. The molecule has 0 radical (unpaired) electrons. The summed E-state index contributed by atoms with van der Waals surface area (Å²) in [6.07, 6.45) is 1.19. The lowest BCUT2D eigenvalue weighted by atomic mass is 10.2. The Morgan fingerprint density at radius 3 is 2.65 bits per heavy atom. The first-order chi connectivity index (χ1) is 12.5. The minimum Gasteiger partial charge on any atom is -0.452 e. The molecular weight excluding hydrogens is 383 g/mol. The molecule has 0 aliphatic rings. The highest BCUT2D eigenvalue weighted by atomic mass is 35.5. The molecule has 3 aromatic rings. The maximum Gasteiger partial charge on any atom is 0.340 e. The number of carbonyl (C=O) groups is 2. The Balaban J connectivity index is 1.55. The van der Waals surface area contributed by atoms with Crippen LogP contribution >= 0.6 is 23.2 Å². The Morgan fingerprint density at radius 1 is 1.15 bits per heavy atom. The summed E-state index contributed by atoms with van der Waals surface area (Å²) in [7, 11) is 0. The van der Waals surface area contributed by atoms with E-state index in [1.807, 2.05) is 18.2 Å². The van der Waals surface area contributed by atoms with Crippen molar-refractivity contribution < 1.29 is 18.7 Å². The largest absolute Gasteiger partial charge is 0.452 e. The van der Waals surface area contributed by atoms with Crippen molar-refractivity contribution in [1.82, 2.24) is 15.2 Å². The summed E-state index contributed by atoms with van der Waals surface area (Å²) in [6.45, 7) is -0.553. The number of benzene rings is 1. The zero-order valence-electron chi connectivity index (χ0n) is 13.0. The van der Waals surface area contributed by atoms with E-state index in [1.165, 1.54) is 12.3 Å². The minimum atomic E-state index is -0.776. The van der Waals surface area contributed by atoms with Gasteiger partial charge in [-0.25, -0.2) is 9.78 Å². The highest BCUT2D eigenvalue weighted by Crippen LogP contribution is 2.20. The SMILES string of the molecule is O=C(COC(=O)c1cnc(Cl)c(Cl)c1)Nc1nnc(-c2ccccc2)o1. The molecule has 8 nitrogen and oxygen atoms in total. The van der Waals surface area contributed by atoms with E-state index in [-0.39, 0.29) is 27.6 Å². The van der Waals surface area contributed by atoms with Gasteiger partial charge in [-0.2, -0.15) is 0 Å². The average molecular weight is 393 g/mol. The molecular formula is C16H10Cl2N4O4. The molecule has 26 heavy (non-hydrogen) atoms.